The van der Waals surface area contributed by atoms with Gasteiger partial charge in [-0.15, -0.1) is 0 Å². The largest absolute Gasteiger partial charge is 0.494 e. The summed E-state index contributed by atoms with van der Waals surface area (Å²) >= 11 is 0. The first-order chi connectivity index (χ1) is 10.2. The Labute approximate surface area is 124 Å². The monoisotopic (exact) mass is 290 g/mol. The smallest absolute Gasteiger partial charge is 0.168 e. The van der Waals surface area contributed by atoms with Crippen molar-refractivity contribution in [1.29, 1.82) is 0 Å². The molecule has 0 amide bonds. The van der Waals surface area contributed by atoms with Gasteiger partial charge in [0.25, 0.3) is 0 Å². The Morgan fingerprint density at radius 2 is 1.90 bits per heavy atom. The number of benzene rings is 2. The Hall–Kier alpha value is -1.91. The van der Waals surface area contributed by atoms with Crippen LogP contribution in [0.2, 0.25) is 0 Å². The van der Waals surface area contributed by atoms with Gasteiger partial charge in [-0.25, -0.2) is 4.39 Å². The second kappa shape index (κ2) is 7.20. The first kappa shape index (κ1) is 15.5. The van der Waals surface area contributed by atoms with Crippen LogP contribution < -0.4 is 4.74 Å². The van der Waals surface area contributed by atoms with Crippen LogP contribution >= 0.6 is 0 Å². The molecule has 2 rings (SSSR count). The number of methoxy groups -OCH3 is 2. The molecule has 0 fully saturated rings. The van der Waals surface area contributed by atoms with E-state index in [1.165, 1.54) is 7.11 Å². The van der Waals surface area contributed by atoms with Crippen LogP contribution in [0.1, 0.15) is 22.8 Å². The predicted octanol–water partition coefficient (Wildman–Crippen LogP) is 3.26. The number of aliphatic hydroxyl groups is 1. The third kappa shape index (κ3) is 3.80. The number of rotatable bonds is 6. The van der Waals surface area contributed by atoms with Crippen molar-refractivity contribution >= 4 is 0 Å². The molecule has 0 aliphatic rings. The predicted molar refractivity (Wildman–Crippen MR) is 78.8 cm³/mol. The molecule has 0 aliphatic carbocycles. The fourth-order valence-electron chi connectivity index (χ4n) is 2.25. The summed E-state index contributed by atoms with van der Waals surface area (Å²) in [6, 6.07) is 12.4. The van der Waals surface area contributed by atoms with E-state index in [-0.39, 0.29) is 12.2 Å². The lowest BCUT2D eigenvalue weighted by atomic mass is 9.99. The van der Waals surface area contributed by atoms with Gasteiger partial charge in [-0.3, -0.25) is 0 Å². The zero-order valence-electron chi connectivity index (χ0n) is 12.2. The summed E-state index contributed by atoms with van der Waals surface area (Å²) in [5.74, 6) is -0.236. The molecule has 0 aromatic heterocycles. The van der Waals surface area contributed by atoms with Crippen molar-refractivity contribution in [2.24, 2.45) is 0 Å². The second-order valence-electron chi connectivity index (χ2n) is 4.83. The zero-order valence-corrected chi connectivity index (χ0v) is 12.2. The van der Waals surface area contributed by atoms with E-state index in [1.807, 2.05) is 24.3 Å². The summed E-state index contributed by atoms with van der Waals surface area (Å²) in [7, 11) is 3.04. The minimum absolute atomic E-state index is 0.188. The number of hydrogen-bond donors (Lipinski definition) is 1. The summed E-state index contributed by atoms with van der Waals surface area (Å²) in [5, 5.41) is 10.3. The van der Waals surface area contributed by atoms with Gasteiger partial charge >= 0.3 is 0 Å². The maximum absolute atomic E-state index is 14.1. The molecule has 0 bridgehead atoms. The lowest BCUT2D eigenvalue weighted by Crippen LogP contribution is -2.05. The second-order valence-corrected chi connectivity index (χ2v) is 4.83. The molecule has 4 heteroatoms. The van der Waals surface area contributed by atoms with Gasteiger partial charge in [0.15, 0.2) is 11.6 Å². The summed E-state index contributed by atoms with van der Waals surface area (Å²) in [6.07, 6.45) is -0.581. The van der Waals surface area contributed by atoms with Gasteiger partial charge < -0.3 is 14.6 Å². The molecule has 112 valence electrons. The van der Waals surface area contributed by atoms with Crippen molar-refractivity contribution in [3.8, 4) is 5.75 Å². The third-order valence-electron chi connectivity index (χ3n) is 3.32. The Kier molecular flexibility index (Phi) is 5.31. The van der Waals surface area contributed by atoms with Crippen LogP contribution in [0, 0.1) is 5.82 Å². The van der Waals surface area contributed by atoms with Gasteiger partial charge in [0.1, 0.15) is 0 Å². The normalized spacial score (nSPS) is 12.2. The maximum atomic E-state index is 14.1. The molecule has 1 unspecified atom stereocenters. The molecule has 0 spiro atoms. The van der Waals surface area contributed by atoms with Gasteiger partial charge in [0.2, 0.25) is 0 Å². The summed E-state index contributed by atoms with van der Waals surface area (Å²) in [4.78, 5) is 0. The highest BCUT2D eigenvalue weighted by Gasteiger charge is 2.14. The van der Waals surface area contributed by atoms with E-state index in [0.29, 0.717) is 12.2 Å². The van der Waals surface area contributed by atoms with Gasteiger partial charge in [0, 0.05) is 13.5 Å². The molecule has 2 aromatic carbocycles. The lowest BCUT2D eigenvalue weighted by molar-refractivity contribution is 0.174. The highest BCUT2D eigenvalue weighted by Crippen LogP contribution is 2.25. The van der Waals surface area contributed by atoms with E-state index in [1.54, 1.807) is 25.3 Å². The quantitative estimate of drug-likeness (QED) is 0.887. The molecule has 0 aliphatic heterocycles. The molecule has 0 radical (unpaired) electrons. The first-order valence-electron chi connectivity index (χ1n) is 6.73. The summed E-state index contributed by atoms with van der Waals surface area (Å²) in [5.41, 5.74) is 2.14. The summed E-state index contributed by atoms with van der Waals surface area (Å²) < 4.78 is 24.1. The molecular formula is C17H19FO3. The minimum Gasteiger partial charge on any atom is -0.494 e. The van der Waals surface area contributed by atoms with Crippen LogP contribution in [-0.2, 0) is 17.8 Å². The molecule has 1 atom stereocenters. The first-order valence-corrected chi connectivity index (χ1v) is 6.73. The number of halogens is 1. The van der Waals surface area contributed by atoms with Crippen molar-refractivity contribution in [2.45, 2.75) is 19.1 Å². The Balaban J connectivity index is 2.18. The van der Waals surface area contributed by atoms with Gasteiger partial charge in [0.05, 0.1) is 19.8 Å². The van der Waals surface area contributed by atoms with E-state index < -0.39 is 11.9 Å². The average Bonchev–Trinajstić information content (AvgIpc) is 2.50. The van der Waals surface area contributed by atoms with E-state index in [0.717, 1.165) is 11.1 Å². The highest BCUT2D eigenvalue weighted by molar-refractivity contribution is 5.33. The van der Waals surface area contributed by atoms with E-state index in [9.17, 15) is 9.50 Å². The topological polar surface area (TPSA) is 38.7 Å². The molecule has 3 nitrogen and oxygen atoms in total. The molecule has 2 aromatic rings. The van der Waals surface area contributed by atoms with Crippen molar-refractivity contribution in [3.63, 3.8) is 0 Å². The summed E-state index contributed by atoms with van der Waals surface area (Å²) in [6.45, 7) is 0.480. The van der Waals surface area contributed by atoms with Crippen LogP contribution in [0.5, 0.6) is 5.75 Å². The van der Waals surface area contributed by atoms with Crippen LogP contribution in [0.15, 0.2) is 42.5 Å². The number of ether oxygens (including phenoxy) is 2. The van der Waals surface area contributed by atoms with Crippen molar-refractivity contribution in [3.05, 3.63) is 65.0 Å². The Morgan fingerprint density at radius 3 is 2.62 bits per heavy atom. The van der Waals surface area contributed by atoms with Gasteiger partial charge in [-0.1, -0.05) is 36.4 Å². The lowest BCUT2D eigenvalue weighted by Gasteiger charge is -2.14. The number of aliphatic hydroxyl groups excluding tert-OH is 1. The van der Waals surface area contributed by atoms with Crippen molar-refractivity contribution in [1.82, 2.24) is 0 Å². The fraction of sp³-hybridized carbons (Fsp3) is 0.294. The van der Waals surface area contributed by atoms with Crippen molar-refractivity contribution in [2.75, 3.05) is 14.2 Å². The van der Waals surface area contributed by atoms with Crippen LogP contribution in [0.3, 0.4) is 0 Å². The van der Waals surface area contributed by atoms with Crippen molar-refractivity contribution < 1.29 is 19.0 Å². The van der Waals surface area contributed by atoms with E-state index in [2.05, 4.69) is 0 Å². The molecule has 0 heterocycles. The van der Waals surface area contributed by atoms with Crippen LogP contribution in [0.25, 0.3) is 0 Å². The van der Waals surface area contributed by atoms with Crippen LogP contribution in [0.4, 0.5) is 4.39 Å². The molecule has 0 saturated carbocycles. The zero-order chi connectivity index (χ0) is 15.2. The van der Waals surface area contributed by atoms with Crippen LogP contribution in [-0.4, -0.2) is 19.3 Å². The Bertz CT molecular complexity index is 598. The minimum atomic E-state index is -0.775. The van der Waals surface area contributed by atoms with Gasteiger partial charge in [-0.2, -0.15) is 0 Å². The van der Waals surface area contributed by atoms with E-state index >= 15 is 0 Å². The highest BCUT2D eigenvalue weighted by atomic mass is 19.1. The average molecular weight is 290 g/mol. The maximum Gasteiger partial charge on any atom is 0.168 e. The standard InChI is InChI=1S/C17H19FO3/c1-20-11-12-5-3-6-13(9-12)15(19)10-14-7-4-8-16(21-2)17(14)18/h3-9,15,19H,10-11H2,1-2H3. The van der Waals surface area contributed by atoms with Gasteiger partial charge in [-0.05, 0) is 22.8 Å². The third-order valence-corrected chi connectivity index (χ3v) is 3.32. The molecule has 0 saturated heterocycles. The fourth-order valence-corrected chi connectivity index (χ4v) is 2.25. The van der Waals surface area contributed by atoms with E-state index in [4.69, 9.17) is 9.47 Å². The Morgan fingerprint density at radius 1 is 1.14 bits per heavy atom. The molecule has 21 heavy (non-hydrogen) atoms. The molecule has 1 N–H and O–H groups in total. The molecular weight excluding hydrogens is 271 g/mol. The number of hydrogen-bond acceptors (Lipinski definition) is 3. The SMILES string of the molecule is COCc1cccc(C(O)Cc2cccc(OC)c2F)c1.